The number of H-pyrrole nitrogens is 1. The van der Waals surface area contributed by atoms with Gasteiger partial charge >= 0.3 is 6.03 Å². The Hall–Kier alpha value is -1.64. The predicted molar refractivity (Wildman–Crippen MR) is 80.7 cm³/mol. The molecule has 122 valence electrons. The summed E-state index contributed by atoms with van der Waals surface area (Å²) in [4.78, 5) is 14.4. The van der Waals surface area contributed by atoms with Gasteiger partial charge in [-0.3, -0.25) is 10.00 Å². The Morgan fingerprint density at radius 3 is 2.95 bits per heavy atom. The number of anilines is 1. The van der Waals surface area contributed by atoms with E-state index in [2.05, 4.69) is 25.7 Å². The van der Waals surface area contributed by atoms with Crippen molar-refractivity contribution in [2.75, 3.05) is 51.4 Å². The Kier molecular flexibility index (Phi) is 5.25. The van der Waals surface area contributed by atoms with E-state index in [1.807, 2.05) is 0 Å². The van der Waals surface area contributed by atoms with Crippen LogP contribution in [-0.2, 0) is 9.47 Å². The molecule has 0 spiro atoms. The second-order valence-electron chi connectivity index (χ2n) is 5.66. The van der Waals surface area contributed by atoms with Crippen molar-refractivity contribution in [2.24, 2.45) is 5.92 Å². The molecule has 1 aromatic rings. The summed E-state index contributed by atoms with van der Waals surface area (Å²) in [5.74, 6) is 0.465. The van der Waals surface area contributed by atoms with Gasteiger partial charge in [0.15, 0.2) is 0 Å². The average molecular weight is 309 g/mol. The van der Waals surface area contributed by atoms with Crippen molar-refractivity contribution >= 4 is 11.7 Å². The number of hydrogen-bond acceptors (Lipinski definition) is 5. The van der Waals surface area contributed by atoms with E-state index < -0.39 is 0 Å². The third-order valence-corrected chi connectivity index (χ3v) is 4.25. The molecule has 0 aliphatic carbocycles. The number of urea groups is 1. The molecule has 2 saturated heterocycles. The Bertz CT molecular complexity index is 455. The lowest BCUT2D eigenvalue weighted by Gasteiger charge is -2.37. The molecule has 3 N–H and O–H groups in total. The van der Waals surface area contributed by atoms with Crippen LogP contribution in [0.15, 0.2) is 12.4 Å². The van der Waals surface area contributed by atoms with E-state index in [0.717, 1.165) is 45.9 Å². The van der Waals surface area contributed by atoms with Crippen molar-refractivity contribution in [3.63, 3.8) is 0 Å². The fourth-order valence-electron chi connectivity index (χ4n) is 3.05. The summed E-state index contributed by atoms with van der Waals surface area (Å²) in [6.07, 6.45) is 4.26. The molecule has 0 bridgehead atoms. The lowest BCUT2D eigenvalue weighted by molar-refractivity contribution is 0.00222. The van der Waals surface area contributed by atoms with Crippen LogP contribution in [0, 0.1) is 5.92 Å². The van der Waals surface area contributed by atoms with E-state index in [1.54, 1.807) is 12.4 Å². The molecular weight excluding hydrogens is 286 g/mol. The summed E-state index contributed by atoms with van der Waals surface area (Å²) in [5, 5.41) is 12.2. The Labute approximate surface area is 129 Å². The summed E-state index contributed by atoms with van der Waals surface area (Å²) in [6.45, 7) is 5.52. The van der Waals surface area contributed by atoms with Crippen LogP contribution in [-0.4, -0.2) is 73.2 Å². The average Bonchev–Trinajstić information content (AvgIpc) is 3.22. The van der Waals surface area contributed by atoms with Gasteiger partial charge < -0.3 is 20.1 Å². The highest BCUT2D eigenvalue weighted by molar-refractivity contribution is 5.88. The predicted octanol–water partition coefficient (Wildman–Crippen LogP) is 0.269. The van der Waals surface area contributed by atoms with Gasteiger partial charge in [0.2, 0.25) is 0 Å². The number of rotatable bonds is 5. The maximum atomic E-state index is 12.0. The highest BCUT2D eigenvalue weighted by atomic mass is 16.5. The molecule has 8 heteroatoms. The van der Waals surface area contributed by atoms with Gasteiger partial charge in [0.1, 0.15) is 0 Å². The number of nitrogens with one attached hydrogen (secondary N) is 3. The molecule has 2 fully saturated rings. The van der Waals surface area contributed by atoms with Crippen LogP contribution in [0.5, 0.6) is 0 Å². The molecule has 3 rings (SSSR count). The number of amides is 2. The maximum Gasteiger partial charge on any atom is 0.319 e. The third-order valence-electron chi connectivity index (χ3n) is 4.25. The summed E-state index contributed by atoms with van der Waals surface area (Å²) in [5.41, 5.74) is 0.657. The van der Waals surface area contributed by atoms with Crippen LogP contribution < -0.4 is 10.6 Å². The van der Waals surface area contributed by atoms with E-state index in [1.165, 1.54) is 0 Å². The van der Waals surface area contributed by atoms with E-state index in [4.69, 9.17) is 9.47 Å². The first-order valence-corrected chi connectivity index (χ1v) is 7.76. The largest absolute Gasteiger partial charge is 0.381 e. The molecule has 2 aliphatic heterocycles. The van der Waals surface area contributed by atoms with Crippen molar-refractivity contribution < 1.29 is 14.3 Å². The van der Waals surface area contributed by atoms with Gasteiger partial charge in [-0.25, -0.2) is 4.79 Å². The smallest absolute Gasteiger partial charge is 0.319 e. The second-order valence-corrected chi connectivity index (χ2v) is 5.66. The van der Waals surface area contributed by atoms with Crippen molar-refractivity contribution in [3.8, 4) is 0 Å². The van der Waals surface area contributed by atoms with Gasteiger partial charge in [0.25, 0.3) is 0 Å². The van der Waals surface area contributed by atoms with Crippen LogP contribution >= 0.6 is 0 Å². The number of hydrogen-bond donors (Lipinski definition) is 3. The third kappa shape index (κ3) is 3.96. The van der Waals surface area contributed by atoms with Gasteiger partial charge in [-0.2, -0.15) is 5.10 Å². The normalized spacial score (nSPS) is 24.1. The molecule has 2 atom stereocenters. The zero-order valence-electron chi connectivity index (χ0n) is 12.6. The van der Waals surface area contributed by atoms with Gasteiger partial charge in [-0.1, -0.05) is 0 Å². The molecule has 0 unspecified atom stereocenters. The van der Waals surface area contributed by atoms with Crippen molar-refractivity contribution in [2.45, 2.75) is 12.5 Å². The molecule has 8 nitrogen and oxygen atoms in total. The molecule has 1 aromatic heterocycles. The number of carbonyl (C=O) groups is 1. The molecule has 3 heterocycles. The first-order valence-electron chi connectivity index (χ1n) is 7.76. The van der Waals surface area contributed by atoms with E-state index in [9.17, 15) is 4.79 Å². The van der Waals surface area contributed by atoms with Gasteiger partial charge in [-0.15, -0.1) is 0 Å². The zero-order valence-corrected chi connectivity index (χ0v) is 12.6. The van der Waals surface area contributed by atoms with Crippen molar-refractivity contribution in [3.05, 3.63) is 12.4 Å². The zero-order chi connectivity index (χ0) is 15.2. The topological polar surface area (TPSA) is 91.5 Å². The number of morpholine rings is 1. The van der Waals surface area contributed by atoms with E-state index in [0.29, 0.717) is 24.2 Å². The Balaban J connectivity index is 1.53. The molecule has 0 saturated carbocycles. The molecular formula is C14H23N5O3. The van der Waals surface area contributed by atoms with Gasteiger partial charge in [0, 0.05) is 44.4 Å². The van der Waals surface area contributed by atoms with Crippen LogP contribution in [0.4, 0.5) is 10.5 Å². The highest BCUT2D eigenvalue weighted by Gasteiger charge is 2.31. The lowest BCUT2D eigenvalue weighted by atomic mass is 9.97. The molecule has 0 aromatic carbocycles. The van der Waals surface area contributed by atoms with Gasteiger partial charge in [0.05, 0.1) is 31.7 Å². The second kappa shape index (κ2) is 7.57. The standard InChI is InChI=1S/C14H23N5O3/c20-14(18-12-7-16-17-8-12)15-9-13(11-1-4-22-10-11)19-2-5-21-6-3-19/h7-8,11,13H,1-6,9-10H2,(H,16,17)(H2,15,18,20)/t11-,13-/m0/s1. The first kappa shape index (κ1) is 15.3. The van der Waals surface area contributed by atoms with Crippen LogP contribution in [0.1, 0.15) is 6.42 Å². The quantitative estimate of drug-likeness (QED) is 0.726. The number of aromatic amines is 1. The molecule has 22 heavy (non-hydrogen) atoms. The minimum absolute atomic E-state index is 0.210. The van der Waals surface area contributed by atoms with Crippen LogP contribution in [0.25, 0.3) is 0 Å². The number of aromatic nitrogens is 2. The maximum absolute atomic E-state index is 12.0. The van der Waals surface area contributed by atoms with Crippen LogP contribution in [0.3, 0.4) is 0 Å². The monoisotopic (exact) mass is 309 g/mol. The molecule has 2 aliphatic rings. The fourth-order valence-corrected chi connectivity index (χ4v) is 3.05. The summed E-state index contributed by atoms with van der Waals surface area (Å²) in [7, 11) is 0. The fraction of sp³-hybridized carbons (Fsp3) is 0.714. The van der Waals surface area contributed by atoms with E-state index >= 15 is 0 Å². The Morgan fingerprint density at radius 1 is 1.41 bits per heavy atom. The molecule has 0 radical (unpaired) electrons. The highest BCUT2D eigenvalue weighted by Crippen LogP contribution is 2.21. The minimum atomic E-state index is -0.210. The number of nitrogens with zero attached hydrogens (tertiary/aromatic N) is 2. The van der Waals surface area contributed by atoms with E-state index in [-0.39, 0.29) is 6.03 Å². The number of carbonyl (C=O) groups excluding carboxylic acids is 1. The summed E-state index contributed by atoms with van der Waals surface area (Å²) < 4.78 is 10.9. The first-order chi connectivity index (χ1) is 10.8. The minimum Gasteiger partial charge on any atom is -0.381 e. The van der Waals surface area contributed by atoms with Crippen molar-refractivity contribution in [1.29, 1.82) is 0 Å². The van der Waals surface area contributed by atoms with Crippen LogP contribution in [0.2, 0.25) is 0 Å². The Morgan fingerprint density at radius 2 is 2.27 bits per heavy atom. The lowest BCUT2D eigenvalue weighted by Crippen LogP contribution is -2.52. The van der Waals surface area contributed by atoms with Crippen molar-refractivity contribution in [1.82, 2.24) is 20.4 Å². The summed E-state index contributed by atoms with van der Waals surface area (Å²) >= 11 is 0. The SMILES string of the molecule is O=C(NC[C@@H]([C@H]1CCOC1)N1CCOCC1)Nc1cn[nH]c1. The summed E-state index contributed by atoms with van der Waals surface area (Å²) in [6, 6.07) is 0.0834. The number of ether oxygens (including phenoxy) is 2. The van der Waals surface area contributed by atoms with Gasteiger partial charge in [-0.05, 0) is 6.42 Å². The molecule has 2 amide bonds.